The normalized spacial score (nSPS) is 23.5. The van der Waals surface area contributed by atoms with Crippen molar-refractivity contribution in [3.05, 3.63) is 42.0 Å². The van der Waals surface area contributed by atoms with Crippen molar-refractivity contribution in [2.45, 2.75) is 38.1 Å². The Kier molecular flexibility index (Phi) is 4.19. The van der Waals surface area contributed by atoms with Crippen molar-refractivity contribution in [2.75, 3.05) is 25.0 Å². The molecule has 1 amide bonds. The fourth-order valence-corrected chi connectivity index (χ4v) is 3.76. The minimum atomic E-state index is 0.114. The van der Waals surface area contributed by atoms with Crippen LogP contribution in [0.1, 0.15) is 36.6 Å². The predicted octanol–water partition coefficient (Wildman–Crippen LogP) is 2.61. The molecule has 2 atom stereocenters. The lowest BCUT2D eigenvalue weighted by Gasteiger charge is -2.37. The third-order valence-electron chi connectivity index (χ3n) is 5.49. The van der Waals surface area contributed by atoms with Gasteiger partial charge in [0.15, 0.2) is 5.82 Å². The van der Waals surface area contributed by atoms with Crippen molar-refractivity contribution in [2.24, 2.45) is 5.92 Å². The highest BCUT2D eigenvalue weighted by Crippen LogP contribution is 2.48. The van der Waals surface area contributed by atoms with Crippen molar-refractivity contribution in [1.29, 1.82) is 0 Å². The molecule has 3 heterocycles. The molecule has 2 fully saturated rings. The van der Waals surface area contributed by atoms with Gasteiger partial charge in [-0.2, -0.15) is 5.10 Å². The second kappa shape index (κ2) is 6.50. The van der Waals surface area contributed by atoms with E-state index in [9.17, 15) is 4.79 Å². The van der Waals surface area contributed by atoms with Crippen LogP contribution in [0.2, 0.25) is 0 Å². The number of likely N-dealkylation sites (tertiary alicyclic amines) is 1. The highest BCUT2D eigenvalue weighted by Gasteiger charge is 2.47. The van der Waals surface area contributed by atoms with Crippen molar-refractivity contribution < 1.29 is 9.21 Å². The van der Waals surface area contributed by atoms with Crippen LogP contribution in [0.15, 0.2) is 34.9 Å². The number of rotatable bonds is 4. The Morgan fingerprint density at radius 1 is 1.24 bits per heavy atom. The first-order chi connectivity index (χ1) is 12.1. The molecule has 0 unspecified atom stereocenters. The highest BCUT2D eigenvalue weighted by molar-refractivity contribution is 5.83. The highest BCUT2D eigenvalue weighted by atomic mass is 16.3. The summed E-state index contributed by atoms with van der Waals surface area (Å²) in [7, 11) is 2.06. The van der Waals surface area contributed by atoms with Gasteiger partial charge in [-0.15, -0.1) is 5.10 Å². The molecule has 1 aliphatic carbocycles. The van der Waals surface area contributed by atoms with Crippen LogP contribution in [0.3, 0.4) is 0 Å². The molecule has 2 aromatic heterocycles. The molecule has 1 saturated heterocycles. The summed E-state index contributed by atoms with van der Waals surface area (Å²) in [6.07, 6.45) is 4.54. The number of nitrogens with zero attached hydrogens (tertiary/aromatic N) is 4. The molecule has 0 spiro atoms. The van der Waals surface area contributed by atoms with Crippen LogP contribution >= 0.6 is 0 Å². The number of aryl methyl sites for hydroxylation is 1. The zero-order chi connectivity index (χ0) is 17.4. The largest absolute Gasteiger partial charge is 0.469 e. The van der Waals surface area contributed by atoms with Crippen LogP contribution in [0.5, 0.6) is 0 Å². The Morgan fingerprint density at radius 3 is 2.68 bits per heavy atom. The topological polar surface area (TPSA) is 62.5 Å². The fraction of sp³-hybridized carbons (Fsp3) is 0.526. The smallest absolute Gasteiger partial charge is 0.226 e. The summed E-state index contributed by atoms with van der Waals surface area (Å²) in [4.78, 5) is 16.9. The van der Waals surface area contributed by atoms with Gasteiger partial charge in [0.05, 0.1) is 12.0 Å². The monoisotopic (exact) mass is 340 g/mol. The standard InChI is InChI=1S/C19H24N4O2/c1-13-5-6-18(21-20-13)22(2)14-7-9-23(10-8-14)19(24)16-12-15(16)17-4-3-11-25-17/h3-6,11,14-16H,7-10,12H2,1-2H3/t15-,16+/m1/s1. The van der Waals surface area contributed by atoms with E-state index in [1.807, 2.05) is 36.1 Å². The van der Waals surface area contributed by atoms with Crippen LogP contribution in [0.4, 0.5) is 5.82 Å². The minimum absolute atomic E-state index is 0.114. The summed E-state index contributed by atoms with van der Waals surface area (Å²) in [6, 6.07) is 8.27. The number of furan rings is 1. The quantitative estimate of drug-likeness (QED) is 0.856. The summed E-state index contributed by atoms with van der Waals surface area (Å²) in [6.45, 7) is 3.57. The van der Waals surface area contributed by atoms with Crippen LogP contribution < -0.4 is 4.90 Å². The predicted molar refractivity (Wildman–Crippen MR) is 94.3 cm³/mol. The average molecular weight is 340 g/mol. The molecule has 0 aromatic carbocycles. The molecule has 2 aromatic rings. The lowest BCUT2D eigenvalue weighted by Crippen LogP contribution is -2.46. The number of carbonyl (C=O) groups is 1. The summed E-state index contributed by atoms with van der Waals surface area (Å²) >= 11 is 0. The van der Waals surface area contributed by atoms with Crippen LogP contribution in [-0.4, -0.2) is 47.2 Å². The van der Waals surface area contributed by atoms with Gasteiger partial charge in [0.25, 0.3) is 0 Å². The number of aromatic nitrogens is 2. The number of carbonyl (C=O) groups excluding carboxylic acids is 1. The molecule has 2 aliphatic rings. The number of hydrogen-bond acceptors (Lipinski definition) is 5. The van der Waals surface area contributed by atoms with E-state index in [-0.39, 0.29) is 17.7 Å². The Morgan fingerprint density at radius 2 is 2.04 bits per heavy atom. The van der Waals surface area contributed by atoms with Gasteiger partial charge in [0.2, 0.25) is 5.91 Å². The van der Waals surface area contributed by atoms with E-state index in [2.05, 4.69) is 22.1 Å². The molecule has 6 nitrogen and oxygen atoms in total. The lowest BCUT2D eigenvalue weighted by molar-refractivity contribution is -0.133. The van der Waals surface area contributed by atoms with E-state index in [4.69, 9.17) is 4.42 Å². The van der Waals surface area contributed by atoms with Crippen molar-refractivity contribution in [1.82, 2.24) is 15.1 Å². The van der Waals surface area contributed by atoms with Gasteiger partial charge in [0.1, 0.15) is 5.76 Å². The Bertz CT molecular complexity index is 720. The van der Waals surface area contributed by atoms with Crippen molar-refractivity contribution in [3.8, 4) is 0 Å². The van der Waals surface area contributed by atoms with Crippen molar-refractivity contribution in [3.63, 3.8) is 0 Å². The third kappa shape index (κ3) is 3.25. The van der Waals surface area contributed by atoms with Gasteiger partial charge in [-0.1, -0.05) is 0 Å². The number of amides is 1. The molecule has 132 valence electrons. The minimum Gasteiger partial charge on any atom is -0.469 e. The Labute approximate surface area is 147 Å². The van der Waals surface area contributed by atoms with Crippen LogP contribution in [0, 0.1) is 12.8 Å². The number of hydrogen-bond donors (Lipinski definition) is 0. The van der Waals surface area contributed by atoms with E-state index in [1.54, 1.807) is 6.26 Å². The van der Waals surface area contributed by atoms with Crippen LogP contribution in [-0.2, 0) is 4.79 Å². The molecule has 1 saturated carbocycles. The summed E-state index contributed by atoms with van der Waals surface area (Å²) in [5, 5.41) is 8.41. The zero-order valence-corrected chi connectivity index (χ0v) is 14.8. The zero-order valence-electron chi connectivity index (χ0n) is 14.8. The average Bonchev–Trinajstić information content (AvgIpc) is 3.26. The van der Waals surface area contributed by atoms with Gasteiger partial charge in [-0.25, -0.2) is 0 Å². The maximum atomic E-state index is 12.7. The van der Waals surface area contributed by atoms with E-state index in [1.165, 1.54) is 0 Å². The SMILES string of the molecule is Cc1ccc(N(C)C2CCN(C(=O)[C@H]3C[C@H]3c3ccco3)CC2)nn1. The first-order valence-corrected chi connectivity index (χ1v) is 8.99. The second-order valence-corrected chi connectivity index (χ2v) is 7.16. The van der Waals surface area contributed by atoms with E-state index >= 15 is 0 Å². The van der Waals surface area contributed by atoms with Crippen molar-refractivity contribution >= 4 is 11.7 Å². The van der Waals surface area contributed by atoms with E-state index < -0.39 is 0 Å². The first-order valence-electron chi connectivity index (χ1n) is 8.99. The number of piperidine rings is 1. The van der Waals surface area contributed by atoms with Gasteiger partial charge >= 0.3 is 0 Å². The molecule has 0 bridgehead atoms. The lowest BCUT2D eigenvalue weighted by atomic mass is 10.0. The second-order valence-electron chi connectivity index (χ2n) is 7.16. The van der Waals surface area contributed by atoms with Gasteiger partial charge in [0, 0.05) is 38.0 Å². The fourth-order valence-electron chi connectivity index (χ4n) is 3.76. The maximum absolute atomic E-state index is 12.7. The Hall–Kier alpha value is -2.37. The molecule has 0 radical (unpaired) electrons. The van der Waals surface area contributed by atoms with Gasteiger partial charge in [-0.05, 0) is 50.5 Å². The van der Waals surface area contributed by atoms with Gasteiger partial charge < -0.3 is 14.2 Å². The molecule has 0 N–H and O–H groups in total. The van der Waals surface area contributed by atoms with E-state index in [0.717, 1.165) is 49.6 Å². The molecular weight excluding hydrogens is 316 g/mol. The van der Waals surface area contributed by atoms with E-state index in [0.29, 0.717) is 6.04 Å². The summed E-state index contributed by atoms with van der Waals surface area (Å²) < 4.78 is 5.44. The van der Waals surface area contributed by atoms with Gasteiger partial charge in [-0.3, -0.25) is 4.79 Å². The molecular formula is C19H24N4O2. The Balaban J connectivity index is 1.31. The number of anilines is 1. The molecule has 4 rings (SSSR count). The first kappa shape index (κ1) is 16.1. The third-order valence-corrected chi connectivity index (χ3v) is 5.49. The molecule has 6 heteroatoms. The molecule has 1 aliphatic heterocycles. The summed E-state index contributed by atoms with van der Waals surface area (Å²) in [5.41, 5.74) is 0.924. The molecule has 25 heavy (non-hydrogen) atoms. The summed E-state index contributed by atoms with van der Waals surface area (Å²) in [5.74, 6) is 2.54. The van der Waals surface area contributed by atoms with Crippen LogP contribution in [0.25, 0.3) is 0 Å². The maximum Gasteiger partial charge on any atom is 0.226 e.